The summed E-state index contributed by atoms with van der Waals surface area (Å²) in [7, 11) is 0. The van der Waals surface area contributed by atoms with Gasteiger partial charge in [0, 0.05) is 19.0 Å². The molecule has 1 atom stereocenters. The first kappa shape index (κ1) is 13.8. The summed E-state index contributed by atoms with van der Waals surface area (Å²) in [5.41, 5.74) is 0. The van der Waals surface area contributed by atoms with Crippen molar-refractivity contribution in [3.05, 3.63) is 11.7 Å². The third kappa shape index (κ3) is 3.66. The number of nitrogens with zero attached hydrogens (tertiary/aromatic N) is 3. The molecular weight excluding hydrogens is 248 g/mol. The highest BCUT2D eigenvalue weighted by atomic mass is 16.5. The third-order valence-electron chi connectivity index (χ3n) is 3.07. The summed E-state index contributed by atoms with van der Waals surface area (Å²) in [5.74, 6) is 1.23. The summed E-state index contributed by atoms with van der Waals surface area (Å²) in [4.78, 5) is 17.7. The van der Waals surface area contributed by atoms with E-state index in [0.29, 0.717) is 24.8 Å². The van der Waals surface area contributed by atoms with Gasteiger partial charge in [-0.3, -0.25) is 0 Å². The zero-order valence-electron chi connectivity index (χ0n) is 11.3. The highest BCUT2D eigenvalue weighted by Crippen LogP contribution is 2.11. The number of piperidine rings is 1. The molecule has 0 radical (unpaired) electrons. The lowest BCUT2D eigenvalue weighted by Gasteiger charge is -2.29. The van der Waals surface area contributed by atoms with E-state index in [1.54, 1.807) is 4.90 Å². The van der Waals surface area contributed by atoms with E-state index in [2.05, 4.69) is 15.5 Å². The van der Waals surface area contributed by atoms with Crippen molar-refractivity contribution in [2.45, 2.75) is 45.3 Å². The summed E-state index contributed by atoms with van der Waals surface area (Å²) < 4.78 is 5.04. The number of likely N-dealkylation sites (tertiary alicyclic amines) is 1. The van der Waals surface area contributed by atoms with Gasteiger partial charge in [0.15, 0.2) is 5.82 Å². The number of amides is 2. The number of aromatic nitrogens is 2. The minimum Gasteiger partial charge on any atom is -0.391 e. The van der Waals surface area contributed by atoms with E-state index >= 15 is 0 Å². The fraction of sp³-hybridized carbons (Fsp3) is 0.750. The molecule has 1 aromatic rings. The molecule has 19 heavy (non-hydrogen) atoms. The SMILES string of the molecule is CC(C)c1noc(CNC(=O)N2CCC[C@@H](O)C2)n1. The van der Waals surface area contributed by atoms with Crippen LogP contribution in [-0.4, -0.2) is 45.4 Å². The lowest BCUT2D eigenvalue weighted by Crippen LogP contribution is -2.46. The van der Waals surface area contributed by atoms with Gasteiger partial charge in [0.05, 0.1) is 12.6 Å². The molecule has 1 saturated heterocycles. The number of hydrogen-bond donors (Lipinski definition) is 2. The standard InChI is InChI=1S/C12H20N4O3/c1-8(2)11-14-10(19-15-11)6-13-12(18)16-5-3-4-9(17)7-16/h8-9,17H,3-7H2,1-2H3,(H,13,18)/t9-/m1/s1. The fourth-order valence-electron chi connectivity index (χ4n) is 1.98. The average molecular weight is 268 g/mol. The number of rotatable bonds is 3. The molecule has 2 rings (SSSR count). The quantitative estimate of drug-likeness (QED) is 0.848. The Balaban J connectivity index is 1.82. The molecule has 106 valence electrons. The Labute approximate surface area is 112 Å². The van der Waals surface area contributed by atoms with Gasteiger partial charge in [-0.25, -0.2) is 4.79 Å². The zero-order chi connectivity index (χ0) is 13.8. The number of aliphatic hydroxyl groups excluding tert-OH is 1. The number of urea groups is 1. The number of β-amino-alcohol motifs (C(OH)–C–C–N with tert-alkyl or cyclic N) is 1. The van der Waals surface area contributed by atoms with Crippen LogP contribution in [0.3, 0.4) is 0 Å². The predicted octanol–water partition coefficient (Wildman–Crippen LogP) is 0.859. The molecule has 2 N–H and O–H groups in total. The third-order valence-corrected chi connectivity index (χ3v) is 3.07. The molecule has 2 amide bonds. The Bertz CT molecular complexity index is 432. The molecule has 0 saturated carbocycles. The van der Waals surface area contributed by atoms with Gasteiger partial charge >= 0.3 is 6.03 Å². The Hall–Kier alpha value is -1.63. The molecule has 1 fully saturated rings. The maximum Gasteiger partial charge on any atom is 0.317 e. The van der Waals surface area contributed by atoms with E-state index in [4.69, 9.17) is 4.52 Å². The van der Waals surface area contributed by atoms with Crippen molar-refractivity contribution in [1.82, 2.24) is 20.4 Å². The predicted molar refractivity (Wildman–Crippen MR) is 67.4 cm³/mol. The van der Waals surface area contributed by atoms with Crippen LogP contribution in [0.4, 0.5) is 4.79 Å². The summed E-state index contributed by atoms with van der Waals surface area (Å²) >= 11 is 0. The van der Waals surface area contributed by atoms with Gasteiger partial charge in [0.2, 0.25) is 5.89 Å². The van der Waals surface area contributed by atoms with Crippen LogP contribution >= 0.6 is 0 Å². The van der Waals surface area contributed by atoms with E-state index in [9.17, 15) is 9.90 Å². The van der Waals surface area contributed by atoms with E-state index in [-0.39, 0.29) is 18.5 Å². The van der Waals surface area contributed by atoms with Gasteiger partial charge in [-0.2, -0.15) is 4.98 Å². The van der Waals surface area contributed by atoms with Crippen molar-refractivity contribution >= 4 is 6.03 Å². The lowest BCUT2D eigenvalue weighted by atomic mass is 10.1. The summed E-state index contributed by atoms with van der Waals surface area (Å²) in [6.07, 6.45) is 1.16. The molecular formula is C12H20N4O3. The summed E-state index contributed by atoms with van der Waals surface area (Å²) in [5, 5.41) is 16.1. The molecule has 0 spiro atoms. The van der Waals surface area contributed by atoms with Gasteiger partial charge in [-0.05, 0) is 12.8 Å². The molecule has 7 nitrogen and oxygen atoms in total. The first-order chi connectivity index (χ1) is 9.06. The van der Waals surface area contributed by atoms with Crippen molar-refractivity contribution < 1.29 is 14.4 Å². The number of aliphatic hydroxyl groups is 1. The molecule has 0 aromatic carbocycles. The van der Waals surface area contributed by atoms with Crippen LogP contribution in [0, 0.1) is 0 Å². The zero-order valence-corrected chi connectivity index (χ0v) is 11.3. The van der Waals surface area contributed by atoms with Crippen LogP contribution < -0.4 is 5.32 Å². The van der Waals surface area contributed by atoms with E-state index in [1.807, 2.05) is 13.8 Å². The first-order valence-corrected chi connectivity index (χ1v) is 6.59. The highest BCUT2D eigenvalue weighted by Gasteiger charge is 2.22. The van der Waals surface area contributed by atoms with Crippen molar-refractivity contribution in [3.8, 4) is 0 Å². The maximum absolute atomic E-state index is 11.9. The molecule has 0 unspecified atom stereocenters. The molecule has 1 aliphatic heterocycles. The topological polar surface area (TPSA) is 91.5 Å². The number of hydrogen-bond acceptors (Lipinski definition) is 5. The van der Waals surface area contributed by atoms with Gasteiger partial charge < -0.3 is 19.8 Å². The van der Waals surface area contributed by atoms with Crippen LogP contribution in [0.25, 0.3) is 0 Å². The maximum atomic E-state index is 11.9. The number of nitrogens with one attached hydrogen (secondary N) is 1. The first-order valence-electron chi connectivity index (χ1n) is 6.59. The van der Waals surface area contributed by atoms with Gasteiger partial charge in [-0.15, -0.1) is 0 Å². The number of carbonyl (C=O) groups excluding carboxylic acids is 1. The van der Waals surface area contributed by atoms with Crippen LogP contribution in [0.2, 0.25) is 0 Å². The molecule has 1 aliphatic rings. The van der Waals surface area contributed by atoms with Crippen molar-refractivity contribution in [2.24, 2.45) is 0 Å². The molecule has 0 aliphatic carbocycles. The van der Waals surface area contributed by atoms with Crippen LogP contribution in [-0.2, 0) is 6.54 Å². The van der Waals surface area contributed by atoms with Gasteiger partial charge in [-0.1, -0.05) is 19.0 Å². The smallest absolute Gasteiger partial charge is 0.317 e. The van der Waals surface area contributed by atoms with E-state index in [0.717, 1.165) is 12.8 Å². The second kappa shape index (κ2) is 6.01. The summed E-state index contributed by atoms with van der Waals surface area (Å²) in [6.45, 7) is 5.21. The Morgan fingerprint density at radius 1 is 1.63 bits per heavy atom. The second-order valence-electron chi connectivity index (χ2n) is 5.10. The molecule has 1 aromatic heterocycles. The lowest BCUT2D eigenvalue weighted by molar-refractivity contribution is 0.0839. The van der Waals surface area contributed by atoms with E-state index < -0.39 is 6.10 Å². The minimum atomic E-state index is -0.421. The fourth-order valence-corrected chi connectivity index (χ4v) is 1.98. The second-order valence-corrected chi connectivity index (χ2v) is 5.10. The molecule has 0 bridgehead atoms. The average Bonchev–Trinajstić information content (AvgIpc) is 2.85. The monoisotopic (exact) mass is 268 g/mol. The number of carbonyl (C=O) groups is 1. The Morgan fingerprint density at radius 2 is 2.42 bits per heavy atom. The van der Waals surface area contributed by atoms with Crippen LogP contribution in [0.5, 0.6) is 0 Å². The highest BCUT2D eigenvalue weighted by molar-refractivity contribution is 5.74. The Kier molecular flexibility index (Phi) is 4.36. The summed E-state index contributed by atoms with van der Waals surface area (Å²) in [6, 6.07) is -0.206. The minimum absolute atomic E-state index is 0.199. The van der Waals surface area contributed by atoms with Gasteiger partial charge in [0.1, 0.15) is 0 Å². The largest absolute Gasteiger partial charge is 0.391 e. The Morgan fingerprint density at radius 3 is 3.05 bits per heavy atom. The molecule has 7 heteroatoms. The van der Waals surface area contributed by atoms with Crippen molar-refractivity contribution in [3.63, 3.8) is 0 Å². The van der Waals surface area contributed by atoms with Crippen LogP contribution in [0.1, 0.15) is 44.3 Å². The van der Waals surface area contributed by atoms with E-state index in [1.165, 1.54) is 0 Å². The normalized spacial score (nSPS) is 19.8. The van der Waals surface area contributed by atoms with Crippen molar-refractivity contribution in [2.75, 3.05) is 13.1 Å². The van der Waals surface area contributed by atoms with Gasteiger partial charge in [0.25, 0.3) is 0 Å². The van der Waals surface area contributed by atoms with Crippen LogP contribution in [0.15, 0.2) is 4.52 Å². The molecule has 2 heterocycles. The van der Waals surface area contributed by atoms with Crippen molar-refractivity contribution in [1.29, 1.82) is 0 Å².